The van der Waals surface area contributed by atoms with E-state index in [9.17, 15) is 0 Å². The van der Waals surface area contributed by atoms with Gasteiger partial charge in [0.05, 0.1) is 0 Å². The third-order valence-corrected chi connectivity index (χ3v) is 4.80. The molecule has 1 N–H and O–H groups in total. The van der Waals surface area contributed by atoms with Crippen LogP contribution in [0.3, 0.4) is 0 Å². The predicted molar refractivity (Wildman–Crippen MR) is 88.3 cm³/mol. The number of hydrogen-bond donors (Lipinski definition) is 1. The molecule has 1 saturated carbocycles. The molecule has 1 aliphatic rings. The van der Waals surface area contributed by atoms with Gasteiger partial charge in [0.2, 0.25) is 0 Å². The zero-order chi connectivity index (χ0) is 14.4. The van der Waals surface area contributed by atoms with Crippen molar-refractivity contribution >= 4 is 0 Å². The maximum Gasteiger partial charge on any atom is -0.0000373 e. The fraction of sp³-hybridized carbons (Fsp3) is 0.684. The Morgan fingerprint density at radius 1 is 1.05 bits per heavy atom. The van der Waals surface area contributed by atoms with E-state index in [4.69, 9.17) is 0 Å². The minimum atomic E-state index is 0.386. The number of nitrogens with one attached hydrogen (secondary N) is 1. The van der Waals surface area contributed by atoms with Crippen molar-refractivity contribution in [3.8, 4) is 0 Å². The van der Waals surface area contributed by atoms with Crippen LogP contribution >= 0.6 is 0 Å². The summed E-state index contributed by atoms with van der Waals surface area (Å²) in [5, 5.41) is 3.30. The molecule has 20 heavy (non-hydrogen) atoms. The van der Waals surface area contributed by atoms with E-state index in [0.717, 1.165) is 12.5 Å². The van der Waals surface area contributed by atoms with Gasteiger partial charge in [-0.2, -0.15) is 0 Å². The van der Waals surface area contributed by atoms with Crippen molar-refractivity contribution < 1.29 is 0 Å². The van der Waals surface area contributed by atoms with Crippen molar-refractivity contribution in [2.24, 2.45) is 5.41 Å². The van der Waals surface area contributed by atoms with Crippen LogP contribution in [0.4, 0.5) is 0 Å². The predicted octanol–water partition coefficient (Wildman–Crippen LogP) is 4.91. The van der Waals surface area contributed by atoms with Crippen molar-refractivity contribution in [2.75, 3.05) is 13.6 Å². The molecule has 1 aromatic carbocycles. The van der Waals surface area contributed by atoms with Crippen LogP contribution in [0.25, 0.3) is 0 Å². The summed E-state index contributed by atoms with van der Waals surface area (Å²) in [4.78, 5) is 0. The maximum absolute atomic E-state index is 3.30. The van der Waals surface area contributed by atoms with Gasteiger partial charge >= 0.3 is 0 Å². The highest BCUT2D eigenvalue weighted by molar-refractivity contribution is 5.26. The molecule has 0 atom stereocenters. The van der Waals surface area contributed by atoms with E-state index in [2.05, 4.69) is 43.4 Å². The van der Waals surface area contributed by atoms with Gasteiger partial charge < -0.3 is 5.32 Å². The van der Waals surface area contributed by atoms with Crippen molar-refractivity contribution in [1.29, 1.82) is 0 Å². The van der Waals surface area contributed by atoms with Gasteiger partial charge in [0.25, 0.3) is 0 Å². The third-order valence-electron chi connectivity index (χ3n) is 4.80. The Bertz CT molecular complexity index is 385. The van der Waals surface area contributed by atoms with Gasteiger partial charge in [-0.25, -0.2) is 0 Å². The second kappa shape index (κ2) is 7.26. The average molecular weight is 273 g/mol. The molecule has 2 rings (SSSR count). The van der Waals surface area contributed by atoms with Gasteiger partial charge in [0.15, 0.2) is 0 Å². The molecule has 0 amide bonds. The smallest absolute Gasteiger partial charge is 0.0000373 e. The van der Waals surface area contributed by atoms with Crippen LogP contribution in [0, 0.1) is 5.41 Å². The lowest BCUT2D eigenvalue weighted by atomic mass is 9.83. The number of rotatable bonds is 6. The first kappa shape index (κ1) is 15.6. The molecule has 0 heterocycles. The zero-order valence-corrected chi connectivity index (χ0v) is 13.5. The molecule has 1 heteroatoms. The minimum Gasteiger partial charge on any atom is -0.319 e. The first-order valence-electron chi connectivity index (χ1n) is 8.34. The largest absolute Gasteiger partial charge is 0.319 e. The Labute approximate surface area is 125 Å². The van der Waals surface area contributed by atoms with Crippen molar-refractivity contribution in [2.45, 2.75) is 64.7 Å². The van der Waals surface area contributed by atoms with E-state index in [1.165, 1.54) is 50.5 Å². The fourth-order valence-corrected chi connectivity index (χ4v) is 3.44. The zero-order valence-electron chi connectivity index (χ0n) is 13.5. The van der Waals surface area contributed by atoms with Gasteiger partial charge in [0, 0.05) is 0 Å². The summed E-state index contributed by atoms with van der Waals surface area (Å²) >= 11 is 0. The standard InChI is InChI=1S/C19H31N/c1-19(2,15-20-3)14-13-16-9-11-18(12-10-16)17-7-5-4-6-8-17/h9-12,17,20H,4-8,13-15H2,1-3H3. The molecule has 0 aliphatic heterocycles. The summed E-state index contributed by atoms with van der Waals surface area (Å²) in [6, 6.07) is 9.49. The number of hydrogen-bond acceptors (Lipinski definition) is 1. The summed E-state index contributed by atoms with van der Waals surface area (Å²) in [7, 11) is 2.04. The summed E-state index contributed by atoms with van der Waals surface area (Å²) in [5.74, 6) is 0.832. The topological polar surface area (TPSA) is 12.0 Å². The molecule has 1 aromatic rings. The minimum absolute atomic E-state index is 0.386. The van der Waals surface area contributed by atoms with Gasteiger partial charge in [0.1, 0.15) is 0 Å². The lowest BCUT2D eigenvalue weighted by molar-refractivity contribution is 0.324. The summed E-state index contributed by atoms with van der Waals surface area (Å²) in [6.07, 6.45) is 9.52. The molecule has 1 fully saturated rings. The lowest BCUT2D eigenvalue weighted by Crippen LogP contribution is -2.27. The third kappa shape index (κ3) is 4.63. The van der Waals surface area contributed by atoms with Crippen LogP contribution < -0.4 is 5.32 Å². The van der Waals surface area contributed by atoms with Crippen LogP contribution in [0.2, 0.25) is 0 Å². The highest BCUT2D eigenvalue weighted by Gasteiger charge is 2.17. The molecular weight excluding hydrogens is 242 g/mol. The molecule has 1 nitrogen and oxygen atoms in total. The lowest BCUT2D eigenvalue weighted by Gasteiger charge is -2.24. The second-order valence-electron chi connectivity index (χ2n) is 7.27. The second-order valence-corrected chi connectivity index (χ2v) is 7.27. The molecule has 0 aromatic heterocycles. The average Bonchev–Trinajstić information content (AvgIpc) is 2.47. The van der Waals surface area contributed by atoms with E-state index in [-0.39, 0.29) is 0 Å². The summed E-state index contributed by atoms with van der Waals surface area (Å²) in [6.45, 7) is 5.78. The number of aryl methyl sites for hydroxylation is 1. The van der Waals surface area contributed by atoms with Crippen LogP contribution in [0.1, 0.15) is 69.4 Å². The molecule has 0 saturated heterocycles. The quantitative estimate of drug-likeness (QED) is 0.776. The van der Waals surface area contributed by atoms with Crippen molar-refractivity contribution in [3.63, 3.8) is 0 Å². The highest BCUT2D eigenvalue weighted by Crippen LogP contribution is 2.32. The fourth-order valence-electron chi connectivity index (χ4n) is 3.44. The molecule has 0 radical (unpaired) electrons. The monoisotopic (exact) mass is 273 g/mol. The van der Waals surface area contributed by atoms with E-state index in [0.29, 0.717) is 5.41 Å². The van der Waals surface area contributed by atoms with Gasteiger partial charge in [-0.1, -0.05) is 57.4 Å². The van der Waals surface area contributed by atoms with Crippen LogP contribution in [-0.4, -0.2) is 13.6 Å². The maximum atomic E-state index is 3.30. The Morgan fingerprint density at radius 3 is 2.30 bits per heavy atom. The Kier molecular flexibility index (Phi) is 5.65. The van der Waals surface area contributed by atoms with Gasteiger partial charge in [-0.05, 0) is 61.7 Å². The van der Waals surface area contributed by atoms with E-state index >= 15 is 0 Å². The Balaban J connectivity index is 1.88. The highest BCUT2D eigenvalue weighted by atomic mass is 14.8. The first-order valence-corrected chi connectivity index (χ1v) is 8.34. The van der Waals surface area contributed by atoms with Gasteiger partial charge in [-0.15, -0.1) is 0 Å². The Hall–Kier alpha value is -0.820. The van der Waals surface area contributed by atoms with E-state index < -0.39 is 0 Å². The van der Waals surface area contributed by atoms with Crippen LogP contribution in [-0.2, 0) is 6.42 Å². The summed E-state index contributed by atoms with van der Waals surface area (Å²) in [5.41, 5.74) is 3.45. The molecule has 0 unspecified atom stereocenters. The van der Waals surface area contributed by atoms with Crippen molar-refractivity contribution in [3.05, 3.63) is 35.4 Å². The van der Waals surface area contributed by atoms with Crippen LogP contribution in [0.15, 0.2) is 24.3 Å². The molecule has 0 bridgehead atoms. The number of benzene rings is 1. The molecule has 1 aliphatic carbocycles. The molecular formula is C19H31N. The Morgan fingerprint density at radius 2 is 1.70 bits per heavy atom. The molecule has 0 spiro atoms. The van der Waals surface area contributed by atoms with Crippen LogP contribution in [0.5, 0.6) is 0 Å². The van der Waals surface area contributed by atoms with E-state index in [1.54, 1.807) is 5.56 Å². The summed E-state index contributed by atoms with van der Waals surface area (Å²) < 4.78 is 0. The SMILES string of the molecule is CNCC(C)(C)CCc1ccc(C2CCCCC2)cc1. The molecule has 112 valence electrons. The van der Waals surface area contributed by atoms with Crippen molar-refractivity contribution in [1.82, 2.24) is 5.32 Å². The first-order chi connectivity index (χ1) is 9.61. The normalized spacial score (nSPS) is 17.4. The van der Waals surface area contributed by atoms with Gasteiger partial charge in [-0.3, -0.25) is 0 Å². The van der Waals surface area contributed by atoms with E-state index in [1.807, 2.05) is 7.05 Å².